The van der Waals surface area contributed by atoms with Crippen LogP contribution in [-0.2, 0) is 17.8 Å². The number of rotatable bonds is 9. The van der Waals surface area contributed by atoms with Gasteiger partial charge in [-0.1, -0.05) is 42.4 Å². The zero-order valence-corrected chi connectivity index (χ0v) is 24.9. The zero-order chi connectivity index (χ0) is 30.3. The molecule has 1 aliphatic rings. The number of halogens is 1. The number of carboxylic acids is 1. The average molecular weight is 604 g/mol. The number of hydrogen-bond donors (Lipinski definition) is 1. The number of aryl methyl sites for hydroxylation is 1. The summed E-state index contributed by atoms with van der Waals surface area (Å²) in [5, 5.41) is 18.6. The number of carboxylic acid groups (broad SMARTS) is 1. The predicted molar refractivity (Wildman–Crippen MR) is 158 cm³/mol. The molecule has 43 heavy (non-hydrogen) atoms. The molecule has 0 bridgehead atoms. The minimum Gasteiger partial charge on any atom is -0.478 e. The second kappa shape index (κ2) is 11.3. The first-order chi connectivity index (χ1) is 20.6. The van der Waals surface area contributed by atoms with Gasteiger partial charge in [-0.2, -0.15) is 0 Å². The third kappa shape index (κ3) is 5.67. The van der Waals surface area contributed by atoms with Gasteiger partial charge in [0.25, 0.3) is 5.19 Å². The topological polar surface area (TPSA) is 121 Å². The van der Waals surface area contributed by atoms with Crippen molar-refractivity contribution >= 4 is 28.3 Å². The summed E-state index contributed by atoms with van der Waals surface area (Å²) >= 11 is 1.28. The molecular formula is C31H30FN5O5S. The highest BCUT2D eigenvalue weighted by atomic mass is 32.1. The van der Waals surface area contributed by atoms with Crippen molar-refractivity contribution in [3.05, 3.63) is 81.9 Å². The molecule has 12 heteroatoms. The van der Waals surface area contributed by atoms with E-state index in [4.69, 9.17) is 19.2 Å². The standard InChI is InChI=1S/C31H30FN5O5S/c1-17-10-19(21(32)13-20(17)22-6-5-7-27(34-22)42-15-28-35-36-30(40-4)43-28)12-26-33-23-9-8-18(29(38)39)11-24(23)37(26)25-14-41-16-31(25,2)3/h5-11,13,25H,12,14-16H2,1-4H3,(H,38,39)/t25-/m1/s1. The van der Waals surface area contributed by atoms with E-state index in [9.17, 15) is 9.90 Å². The lowest BCUT2D eigenvalue weighted by molar-refractivity contribution is 0.0697. The molecule has 1 fully saturated rings. The Morgan fingerprint density at radius 3 is 2.74 bits per heavy atom. The Morgan fingerprint density at radius 1 is 1.19 bits per heavy atom. The maximum absolute atomic E-state index is 15.8. The predicted octanol–water partition coefficient (Wildman–Crippen LogP) is 5.87. The molecule has 6 rings (SSSR count). The third-order valence-electron chi connectivity index (χ3n) is 7.68. The molecule has 1 atom stereocenters. The first-order valence-electron chi connectivity index (χ1n) is 13.7. The van der Waals surface area contributed by atoms with Crippen LogP contribution < -0.4 is 9.47 Å². The molecule has 1 saturated heterocycles. The van der Waals surface area contributed by atoms with Gasteiger partial charge >= 0.3 is 5.97 Å². The van der Waals surface area contributed by atoms with Crippen molar-refractivity contribution in [3.63, 3.8) is 0 Å². The number of imidazole rings is 1. The molecule has 0 unspecified atom stereocenters. The highest BCUT2D eigenvalue weighted by molar-refractivity contribution is 7.13. The summed E-state index contributed by atoms with van der Waals surface area (Å²) in [4.78, 5) is 21.2. The van der Waals surface area contributed by atoms with E-state index in [1.807, 2.05) is 29.7 Å². The summed E-state index contributed by atoms with van der Waals surface area (Å²) < 4.78 is 34.5. The summed E-state index contributed by atoms with van der Waals surface area (Å²) in [6.07, 6.45) is 0.221. The number of hydrogen-bond acceptors (Lipinski definition) is 9. The van der Waals surface area contributed by atoms with Crippen molar-refractivity contribution in [1.82, 2.24) is 24.7 Å². The largest absolute Gasteiger partial charge is 0.478 e. The SMILES string of the molecule is COc1nnc(COc2cccc(-c3cc(F)c(Cc4nc5ccc(C(=O)O)cc5n4[C@@H]4COCC4(C)C)cc3C)n2)s1. The second-order valence-corrected chi connectivity index (χ2v) is 12.2. The van der Waals surface area contributed by atoms with Gasteiger partial charge in [0.2, 0.25) is 5.88 Å². The summed E-state index contributed by atoms with van der Waals surface area (Å²) in [5.74, 6) is -0.374. The molecular weight excluding hydrogens is 573 g/mol. The van der Waals surface area contributed by atoms with Crippen LogP contribution in [0.5, 0.6) is 11.1 Å². The molecule has 0 spiro atoms. The Kier molecular flexibility index (Phi) is 7.57. The minimum atomic E-state index is -1.01. The van der Waals surface area contributed by atoms with Gasteiger partial charge in [-0.15, -0.1) is 5.10 Å². The van der Waals surface area contributed by atoms with Crippen LogP contribution in [0.4, 0.5) is 4.39 Å². The number of fused-ring (bicyclic) bond motifs is 1. The fraction of sp³-hybridized carbons (Fsp3) is 0.323. The van der Waals surface area contributed by atoms with E-state index in [0.717, 1.165) is 5.56 Å². The Morgan fingerprint density at radius 2 is 2.02 bits per heavy atom. The first kappa shape index (κ1) is 28.7. The number of nitrogens with zero attached hydrogens (tertiary/aromatic N) is 5. The van der Waals surface area contributed by atoms with E-state index >= 15 is 4.39 Å². The molecule has 1 N–H and O–H groups in total. The first-order valence-corrected chi connectivity index (χ1v) is 14.5. The quantitative estimate of drug-likeness (QED) is 0.220. The van der Waals surface area contributed by atoms with E-state index in [-0.39, 0.29) is 35.9 Å². The van der Waals surface area contributed by atoms with Gasteiger partial charge < -0.3 is 23.9 Å². The Labute approximate surface area is 251 Å². The van der Waals surface area contributed by atoms with Crippen LogP contribution in [0, 0.1) is 18.2 Å². The monoisotopic (exact) mass is 603 g/mol. The number of carbonyl (C=O) groups is 1. The van der Waals surface area contributed by atoms with Crippen molar-refractivity contribution in [2.45, 2.75) is 39.8 Å². The van der Waals surface area contributed by atoms with Crippen LogP contribution in [0.3, 0.4) is 0 Å². The highest BCUT2D eigenvalue weighted by Gasteiger charge is 2.39. The van der Waals surface area contributed by atoms with Crippen molar-refractivity contribution in [2.24, 2.45) is 5.41 Å². The molecule has 5 aromatic rings. The fourth-order valence-electron chi connectivity index (χ4n) is 5.41. The van der Waals surface area contributed by atoms with Gasteiger partial charge in [-0.3, -0.25) is 0 Å². The molecule has 10 nitrogen and oxygen atoms in total. The Bertz CT molecular complexity index is 1830. The lowest BCUT2D eigenvalue weighted by Gasteiger charge is -2.28. The van der Waals surface area contributed by atoms with Gasteiger partial charge in [0.05, 0.1) is 48.7 Å². The van der Waals surface area contributed by atoms with E-state index in [0.29, 0.717) is 63.0 Å². The maximum Gasteiger partial charge on any atom is 0.335 e. The second-order valence-electron chi connectivity index (χ2n) is 11.2. The van der Waals surface area contributed by atoms with Gasteiger partial charge in [-0.05, 0) is 48.4 Å². The van der Waals surface area contributed by atoms with E-state index in [1.54, 1.807) is 18.2 Å². The molecule has 0 saturated carbocycles. The van der Waals surface area contributed by atoms with Gasteiger partial charge in [0.15, 0.2) is 5.01 Å². The zero-order valence-electron chi connectivity index (χ0n) is 24.1. The van der Waals surface area contributed by atoms with Gasteiger partial charge in [-0.25, -0.2) is 19.2 Å². The van der Waals surface area contributed by atoms with Gasteiger partial charge in [0, 0.05) is 23.5 Å². The Hall–Kier alpha value is -4.42. The molecule has 0 radical (unpaired) electrons. The molecule has 0 aliphatic carbocycles. The summed E-state index contributed by atoms with van der Waals surface area (Å²) in [7, 11) is 1.53. The molecule has 4 heterocycles. The minimum absolute atomic E-state index is 0.0897. The molecule has 222 valence electrons. The molecule has 3 aromatic heterocycles. The summed E-state index contributed by atoms with van der Waals surface area (Å²) in [6, 6.07) is 13.4. The van der Waals surface area contributed by atoms with E-state index in [2.05, 4.69) is 29.0 Å². The van der Waals surface area contributed by atoms with Crippen molar-refractivity contribution < 1.29 is 28.5 Å². The van der Waals surface area contributed by atoms with Crippen LogP contribution in [0.1, 0.15) is 52.2 Å². The Balaban J connectivity index is 1.31. The number of ether oxygens (including phenoxy) is 3. The summed E-state index contributed by atoms with van der Waals surface area (Å²) in [6.45, 7) is 7.33. The maximum atomic E-state index is 15.8. The van der Waals surface area contributed by atoms with Crippen LogP contribution in [0.25, 0.3) is 22.3 Å². The van der Waals surface area contributed by atoms with Crippen LogP contribution >= 0.6 is 11.3 Å². The molecule has 2 aromatic carbocycles. The van der Waals surface area contributed by atoms with Crippen molar-refractivity contribution in [2.75, 3.05) is 20.3 Å². The van der Waals surface area contributed by atoms with Crippen molar-refractivity contribution in [1.29, 1.82) is 0 Å². The number of benzene rings is 2. The van der Waals surface area contributed by atoms with Crippen LogP contribution in [0.15, 0.2) is 48.5 Å². The van der Waals surface area contributed by atoms with E-state index in [1.165, 1.54) is 30.6 Å². The highest BCUT2D eigenvalue weighted by Crippen LogP contribution is 2.40. The average Bonchev–Trinajstić information content (AvgIpc) is 3.69. The van der Waals surface area contributed by atoms with Crippen LogP contribution in [0.2, 0.25) is 0 Å². The van der Waals surface area contributed by atoms with Crippen LogP contribution in [-0.4, -0.2) is 56.1 Å². The number of aromatic nitrogens is 5. The molecule has 1 aliphatic heterocycles. The van der Waals surface area contributed by atoms with Crippen molar-refractivity contribution in [3.8, 4) is 22.3 Å². The number of pyridine rings is 1. The lowest BCUT2D eigenvalue weighted by Crippen LogP contribution is -2.27. The smallest absolute Gasteiger partial charge is 0.335 e. The summed E-state index contributed by atoms with van der Waals surface area (Å²) in [5.41, 5.74) is 3.85. The molecule has 0 amide bonds. The fourth-order valence-corrected chi connectivity index (χ4v) is 5.98. The number of aromatic carboxylic acids is 1. The number of methoxy groups -OCH3 is 1. The van der Waals surface area contributed by atoms with E-state index < -0.39 is 5.97 Å². The normalized spacial score (nSPS) is 16.1. The third-order valence-corrected chi connectivity index (χ3v) is 8.54. The van der Waals surface area contributed by atoms with Gasteiger partial charge in [0.1, 0.15) is 18.2 Å². The lowest BCUT2D eigenvalue weighted by atomic mass is 9.87.